The molecule has 0 saturated carbocycles. The number of hydrogen-bond donors (Lipinski definition) is 2. The molecule has 1 aliphatic rings. The Morgan fingerprint density at radius 3 is 3.00 bits per heavy atom. The fourth-order valence-electron chi connectivity index (χ4n) is 1.48. The van der Waals surface area contributed by atoms with E-state index in [1.54, 1.807) is 7.05 Å². The van der Waals surface area contributed by atoms with Gasteiger partial charge in [0.1, 0.15) is 12.1 Å². The fourth-order valence-corrected chi connectivity index (χ4v) is 1.48. The van der Waals surface area contributed by atoms with Crippen LogP contribution in [-0.4, -0.2) is 22.9 Å². The third-order valence-electron chi connectivity index (χ3n) is 2.12. The molecule has 0 bridgehead atoms. The smallest absolute Gasteiger partial charge is 0.225 e. The van der Waals surface area contributed by atoms with Crippen LogP contribution in [0, 0.1) is 0 Å². The Morgan fingerprint density at radius 2 is 2.29 bits per heavy atom. The molecule has 6 nitrogen and oxygen atoms in total. The molecule has 1 aromatic rings. The first-order chi connectivity index (χ1) is 6.68. The van der Waals surface area contributed by atoms with Crippen molar-refractivity contribution >= 4 is 17.5 Å². The molecule has 1 aromatic heterocycles. The number of rotatable bonds is 1. The molecule has 6 heteroatoms. The molecule has 0 atom stereocenters. The standard InChI is InChI=1S/C8H11N5O/c1-13(9)8-5-2-3-6(14)12-7(5)10-4-11-8/h4H,2-3,9H2,1H3,(H,10,11,12,14). The van der Waals surface area contributed by atoms with Crippen LogP contribution in [0.3, 0.4) is 0 Å². The van der Waals surface area contributed by atoms with E-state index in [0.29, 0.717) is 24.5 Å². The van der Waals surface area contributed by atoms with Crippen molar-refractivity contribution in [2.45, 2.75) is 12.8 Å². The number of aromatic nitrogens is 2. The lowest BCUT2D eigenvalue weighted by atomic mass is 10.1. The van der Waals surface area contributed by atoms with Crippen LogP contribution in [0.1, 0.15) is 12.0 Å². The van der Waals surface area contributed by atoms with Gasteiger partial charge in [-0.1, -0.05) is 0 Å². The fraction of sp³-hybridized carbons (Fsp3) is 0.375. The number of fused-ring (bicyclic) bond motifs is 1. The quantitative estimate of drug-likeness (QED) is 0.471. The first-order valence-corrected chi connectivity index (χ1v) is 4.30. The van der Waals surface area contributed by atoms with Crippen molar-refractivity contribution < 1.29 is 4.79 Å². The third-order valence-corrected chi connectivity index (χ3v) is 2.12. The first-order valence-electron chi connectivity index (χ1n) is 4.30. The van der Waals surface area contributed by atoms with Crippen LogP contribution in [0.5, 0.6) is 0 Å². The number of anilines is 2. The molecular formula is C8H11N5O. The summed E-state index contributed by atoms with van der Waals surface area (Å²) in [5.41, 5.74) is 0.900. The summed E-state index contributed by atoms with van der Waals surface area (Å²) < 4.78 is 0. The van der Waals surface area contributed by atoms with Gasteiger partial charge in [0.25, 0.3) is 0 Å². The minimum atomic E-state index is -0.0122. The third kappa shape index (κ3) is 1.39. The summed E-state index contributed by atoms with van der Waals surface area (Å²) in [5.74, 6) is 6.83. The van der Waals surface area contributed by atoms with E-state index in [4.69, 9.17) is 5.84 Å². The number of hydrazine groups is 1. The molecule has 0 unspecified atom stereocenters. The van der Waals surface area contributed by atoms with Gasteiger partial charge in [-0.25, -0.2) is 15.8 Å². The predicted octanol–water partition coefficient (Wildman–Crippen LogP) is -0.329. The lowest BCUT2D eigenvalue weighted by Gasteiger charge is -2.20. The van der Waals surface area contributed by atoms with E-state index >= 15 is 0 Å². The normalized spacial score (nSPS) is 14.6. The second kappa shape index (κ2) is 3.22. The Kier molecular flexibility index (Phi) is 2.05. The Balaban J connectivity index is 2.46. The molecule has 0 aromatic carbocycles. The van der Waals surface area contributed by atoms with Crippen LogP contribution in [0.25, 0.3) is 0 Å². The van der Waals surface area contributed by atoms with Gasteiger partial charge in [0, 0.05) is 19.0 Å². The highest BCUT2D eigenvalue weighted by atomic mass is 16.1. The molecular weight excluding hydrogens is 182 g/mol. The summed E-state index contributed by atoms with van der Waals surface area (Å²) in [6, 6.07) is 0. The summed E-state index contributed by atoms with van der Waals surface area (Å²) in [6.07, 6.45) is 2.49. The van der Waals surface area contributed by atoms with Crippen molar-refractivity contribution in [1.29, 1.82) is 0 Å². The maximum absolute atomic E-state index is 11.1. The Labute approximate surface area is 81.1 Å². The van der Waals surface area contributed by atoms with E-state index in [1.165, 1.54) is 11.3 Å². The molecule has 74 valence electrons. The molecule has 0 radical (unpaired) electrons. The first kappa shape index (κ1) is 8.89. The van der Waals surface area contributed by atoms with Crippen molar-refractivity contribution in [3.63, 3.8) is 0 Å². The maximum atomic E-state index is 11.1. The molecule has 14 heavy (non-hydrogen) atoms. The van der Waals surface area contributed by atoms with Gasteiger partial charge < -0.3 is 5.32 Å². The molecule has 0 spiro atoms. The van der Waals surface area contributed by atoms with Crippen LogP contribution in [0.4, 0.5) is 11.6 Å². The largest absolute Gasteiger partial charge is 0.310 e. The maximum Gasteiger partial charge on any atom is 0.225 e. The summed E-state index contributed by atoms with van der Waals surface area (Å²) in [7, 11) is 1.71. The van der Waals surface area contributed by atoms with Crippen LogP contribution < -0.4 is 16.2 Å². The molecule has 1 amide bonds. The number of carbonyl (C=O) groups excluding carboxylic acids is 1. The van der Waals surface area contributed by atoms with Crippen LogP contribution in [-0.2, 0) is 11.2 Å². The number of carbonyl (C=O) groups is 1. The molecule has 0 aliphatic carbocycles. The summed E-state index contributed by atoms with van der Waals surface area (Å²) >= 11 is 0. The number of amides is 1. The zero-order valence-electron chi connectivity index (χ0n) is 7.82. The van der Waals surface area contributed by atoms with Crippen LogP contribution in [0.2, 0.25) is 0 Å². The van der Waals surface area contributed by atoms with E-state index in [0.717, 1.165) is 5.56 Å². The van der Waals surface area contributed by atoms with Crippen LogP contribution in [0.15, 0.2) is 6.33 Å². The number of hydrogen-bond acceptors (Lipinski definition) is 5. The Morgan fingerprint density at radius 1 is 1.50 bits per heavy atom. The monoisotopic (exact) mass is 193 g/mol. The minimum Gasteiger partial charge on any atom is -0.310 e. The molecule has 2 heterocycles. The highest BCUT2D eigenvalue weighted by molar-refractivity contribution is 5.93. The molecule has 2 rings (SSSR count). The average Bonchev–Trinajstić information content (AvgIpc) is 2.16. The number of nitrogens with zero attached hydrogens (tertiary/aromatic N) is 3. The highest BCUT2D eigenvalue weighted by Gasteiger charge is 2.20. The van der Waals surface area contributed by atoms with Gasteiger partial charge in [0.15, 0.2) is 5.82 Å². The predicted molar refractivity (Wildman–Crippen MR) is 51.6 cm³/mol. The average molecular weight is 193 g/mol. The zero-order chi connectivity index (χ0) is 10.1. The SMILES string of the molecule is CN(N)c1ncnc2c1CCC(=O)N2. The second-order valence-corrected chi connectivity index (χ2v) is 3.18. The van der Waals surface area contributed by atoms with Crippen molar-refractivity contribution in [2.24, 2.45) is 5.84 Å². The van der Waals surface area contributed by atoms with Gasteiger partial charge in [-0.2, -0.15) is 0 Å². The van der Waals surface area contributed by atoms with Gasteiger partial charge in [-0.3, -0.25) is 9.80 Å². The lowest BCUT2D eigenvalue weighted by Crippen LogP contribution is -2.30. The van der Waals surface area contributed by atoms with Crippen molar-refractivity contribution in [2.75, 3.05) is 17.4 Å². The zero-order valence-corrected chi connectivity index (χ0v) is 7.82. The van der Waals surface area contributed by atoms with Gasteiger partial charge >= 0.3 is 0 Å². The van der Waals surface area contributed by atoms with Crippen molar-refractivity contribution in [1.82, 2.24) is 9.97 Å². The molecule has 3 N–H and O–H groups in total. The highest BCUT2D eigenvalue weighted by Crippen LogP contribution is 2.25. The van der Waals surface area contributed by atoms with Gasteiger partial charge in [-0.15, -0.1) is 0 Å². The van der Waals surface area contributed by atoms with Gasteiger partial charge in [-0.05, 0) is 6.42 Å². The summed E-state index contributed by atoms with van der Waals surface area (Å²) in [5, 5.41) is 4.11. The van der Waals surface area contributed by atoms with E-state index < -0.39 is 0 Å². The number of nitrogens with two attached hydrogens (primary N) is 1. The second-order valence-electron chi connectivity index (χ2n) is 3.18. The molecule has 1 aliphatic heterocycles. The van der Waals surface area contributed by atoms with Gasteiger partial charge in [0.05, 0.1) is 0 Å². The lowest BCUT2D eigenvalue weighted by molar-refractivity contribution is -0.116. The number of nitrogens with one attached hydrogen (secondary N) is 1. The molecule has 0 saturated heterocycles. The molecule has 0 fully saturated rings. The Hall–Kier alpha value is -1.69. The van der Waals surface area contributed by atoms with E-state index in [-0.39, 0.29) is 5.91 Å². The van der Waals surface area contributed by atoms with E-state index in [9.17, 15) is 4.79 Å². The van der Waals surface area contributed by atoms with Crippen molar-refractivity contribution in [3.8, 4) is 0 Å². The Bertz CT molecular complexity index is 376. The summed E-state index contributed by atoms with van der Waals surface area (Å²) in [6.45, 7) is 0. The van der Waals surface area contributed by atoms with Crippen LogP contribution >= 0.6 is 0 Å². The van der Waals surface area contributed by atoms with E-state index in [1.807, 2.05) is 0 Å². The minimum absolute atomic E-state index is 0.0122. The summed E-state index contributed by atoms with van der Waals surface area (Å²) in [4.78, 5) is 19.1. The topological polar surface area (TPSA) is 84.1 Å². The van der Waals surface area contributed by atoms with Gasteiger partial charge in [0.2, 0.25) is 5.91 Å². The van der Waals surface area contributed by atoms with Crippen molar-refractivity contribution in [3.05, 3.63) is 11.9 Å². The van der Waals surface area contributed by atoms with E-state index in [2.05, 4.69) is 15.3 Å².